The summed E-state index contributed by atoms with van der Waals surface area (Å²) in [5.41, 5.74) is -0.0343. The summed E-state index contributed by atoms with van der Waals surface area (Å²) in [5.74, 6) is -1.83. The van der Waals surface area contributed by atoms with Crippen LogP contribution in [0.5, 0.6) is 0 Å². The molecule has 0 saturated carbocycles. The number of piperidine rings is 1. The largest absolute Gasteiger partial charge is 0.417 e. The molecule has 0 unspecified atom stereocenters. The molecule has 1 aliphatic carbocycles. The van der Waals surface area contributed by atoms with Crippen LogP contribution >= 0.6 is 15.9 Å². The molecular weight excluding hydrogens is 473 g/mol. The third-order valence-corrected chi connectivity index (χ3v) is 6.54. The van der Waals surface area contributed by atoms with E-state index < -0.39 is 29.5 Å². The molecular formula is C23H20BrF3N2O2. The van der Waals surface area contributed by atoms with Crippen LogP contribution in [0.1, 0.15) is 18.4 Å². The molecule has 1 N–H and O–H groups in total. The summed E-state index contributed by atoms with van der Waals surface area (Å²) in [6.07, 6.45) is 0.412. The maximum absolute atomic E-state index is 13.3. The van der Waals surface area contributed by atoms with Gasteiger partial charge < -0.3 is 10.2 Å². The Bertz CT molecular complexity index is 1020. The first-order valence-electron chi connectivity index (χ1n) is 9.96. The Morgan fingerprint density at radius 3 is 2.58 bits per heavy atom. The van der Waals surface area contributed by atoms with Crippen LogP contribution in [0, 0.1) is 17.8 Å². The van der Waals surface area contributed by atoms with E-state index in [4.69, 9.17) is 0 Å². The number of allylic oxidation sites excluding steroid dienone is 2. The second-order valence-corrected chi connectivity index (χ2v) is 8.61. The van der Waals surface area contributed by atoms with Crippen LogP contribution in [-0.4, -0.2) is 18.4 Å². The van der Waals surface area contributed by atoms with Crippen LogP contribution in [-0.2, 0) is 15.8 Å². The van der Waals surface area contributed by atoms with E-state index in [2.05, 4.69) is 21.2 Å². The van der Waals surface area contributed by atoms with Gasteiger partial charge in [0.2, 0.25) is 11.8 Å². The van der Waals surface area contributed by atoms with E-state index >= 15 is 0 Å². The number of hydrogen-bond donors (Lipinski definition) is 1. The van der Waals surface area contributed by atoms with Gasteiger partial charge in [-0.3, -0.25) is 9.59 Å². The third-order valence-electron chi connectivity index (χ3n) is 5.85. The lowest BCUT2D eigenvalue weighted by Crippen LogP contribution is -2.51. The maximum atomic E-state index is 13.3. The van der Waals surface area contributed by atoms with Crippen molar-refractivity contribution < 1.29 is 22.8 Å². The number of carbonyl (C=O) groups is 2. The van der Waals surface area contributed by atoms with Gasteiger partial charge in [-0.1, -0.05) is 46.3 Å². The Morgan fingerprint density at radius 2 is 1.87 bits per heavy atom. The van der Waals surface area contributed by atoms with Gasteiger partial charge in [0.25, 0.3) is 0 Å². The quantitative estimate of drug-likeness (QED) is 0.562. The van der Waals surface area contributed by atoms with Gasteiger partial charge in [-0.15, -0.1) is 0 Å². The van der Waals surface area contributed by atoms with E-state index in [9.17, 15) is 22.8 Å². The van der Waals surface area contributed by atoms with Crippen LogP contribution in [0.3, 0.4) is 0 Å². The molecule has 2 amide bonds. The normalized spacial score (nSPS) is 23.4. The van der Waals surface area contributed by atoms with Gasteiger partial charge in [-0.2, -0.15) is 13.2 Å². The molecule has 2 aromatic rings. The number of halogens is 4. The molecule has 0 spiro atoms. The lowest BCUT2D eigenvalue weighted by atomic mass is 9.71. The van der Waals surface area contributed by atoms with E-state index in [1.807, 2.05) is 42.5 Å². The van der Waals surface area contributed by atoms with Crippen molar-refractivity contribution in [3.05, 3.63) is 70.7 Å². The van der Waals surface area contributed by atoms with E-state index in [-0.39, 0.29) is 22.0 Å². The number of hydrogen-bond acceptors (Lipinski definition) is 2. The first-order valence-corrected chi connectivity index (χ1v) is 10.8. The van der Waals surface area contributed by atoms with Crippen molar-refractivity contribution in [3.63, 3.8) is 0 Å². The number of amides is 2. The number of benzene rings is 2. The van der Waals surface area contributed by atoms with Crippen LogP contribution in [0.2, 0.25) is 0 Å². The van der Waals surface area contributed by atoms with Gasteiger partial charge in [0.1, 0.15) is 0 Å². The van der Waals surface area contributed by atoms with Crippen molar-refractivity contribution in [2.45, 2.75) is 19.0 Å². The summed E-state index contributed by atoms with van der Waals surface area (Å²) >= 11 is 2.90. The summed E-state index contributed by atoms with van der Waals surface area (Å²) in [6, 6.07) is 12.8. The Kier molecular flexibility index (Phi) is 5.92. The highest BCUT2D eigenvalue weighted by Crippen LogP contribution is 2.40. The minimum atomic E-state index is -4.55. The highest BCUT2D eigenvalue weighted by Gasteiger charge is 2.45. The highest BCUT2D eigenvalue weighted by atomic mass is 79.9. The second kappa shape index (κ2) is 8.49. The summed E-state index contributed by atoms with van der Waals surface area (Å²) < 4.78 is 39.5. The molecule has 4 rings (SSSR count). The zero-order chi connectivity index (χ0) is 22.2. The van der Waals surface area contributed by atoms with Crippen LogP contribution in [0.4, 0.5) is 24.5 Å². The monoisotopic (exact) mass is 492 g/mol. The van der Waals surface area contributed by atoms with Crippen molar-refractivity contribution in [3.8, 4) is 0 Å². The lowest BCUT2D eigenvalue weighted by molar-refractivity contribution is -0.138. The molecule has 1 heterocycles. The van der Waals surface area contributed by atoms with Crippen molar-refractivity contribution in [1.82, 2.24) is 0 Å². The average Bonchev–Trinajstić information content (AvgIpc) is 2.75. The number of nitrogens with one attached hydrogen (secondary N) is 1. The van der Waals surface area contributed by atoms with Crippen LogP contribution in [0.15, 0.2) is 65.2 Å². The molecule has 2 aromatic carbocycles. The SMILES string of the molecule is O=C(Nc1ccc(Br)c(C(F)(F)F)c1)[C@H]1CC=C[C@H]2CCN(c3ccccc3)C(=O)[C@@H]12. The molecule has 1 saturated heterocycles. The van der Waals surface area contributed by atoms with Gasteiger partial charge >= 0.3 is 6.18 Å². The number of fused-ring (bicyclic) bond motifs is 1. The van der Waals surface area contributed by atoms with Crippen molar-refractivity contribution in [1.29, 1.82) is 0 Å². The topological polar surface area (TPSA) is 49.4 Å². The van der Waals surface area contributed by atoms with Gasteiger partial charge in [-0.05, 0) is 49.1 Å². The maximum Gasteiger partial charge on any atom is 0.417 e. The molecule has 0 aromatic heterocycles. The van der Waals surface area contributed by atoms with Gasteiger partial charge in [0.05, 0.1) is 17.4 Å². The Balaban J connectivity index is 1.57. The van der Waals surface area contributed by atoms with E-state index in [1.54, 1.807) is 4.90 Å². The predicted molar refractivity (Wildman–Crippen MR) is 115 cm³/mol. The summed E-state index contributed by atoms with van der Waals surface area (Å²) in [5, 5.41) is 2.60. The predicted octanol–water partition coefficient (Wildman–Crippen LogP) is 5.65. The number of para-hydroxylation sites is 1. The molecule has 162 valence electrons. The van der Waals surface area contributed by atoms with Gasteiger partial charge in [0, 0.05) is 22.4 Å². The van der Waals surface area contributed by atoms with Gasteiger partial charge in [0.15, 0.2) is 0 Å². The van der Waals surface area contributed by atoms with Crippen molar-refractivity contribution >= 4 is 39.1 Å². The van der Waals surface area contributed by atoms with E-state index in [0.29, 0.717) is 13.0 Å². The number of alkyl halides is 3. The Hall–Kier alpha value is -2.61. The highest BCUT2D eigenvalue weighted by molar-refractivity contribution is 9.10. The molecule has 1 aliphatic heterocycles. The fourth-order valence-corrected chi connectivity index (χ4v) is 4.83. The summed E-state index contributed by atoms with van der Waals surface area (Å²) in [4.78, 5) is 28.1. The van der Waals surface area contributed by atoms with Crippen LogP contribution < -0.4 is 10.2 Å². The molecule has 0 radical (unpaired) electrons. The van der Waals surface area contributed by atoms with Gasteiger partial charge in [-0.25, -0.2) is 0 Å². The molecule has 1 fully saturated rings. The van der Waals surface area contributed by atoms with E-state index in [1.165, 1.54) is 12.1 Å². The molecule has 31 heavy (non-hydrogen) atoms. The zero-order valence-electron chi connectivity index (χ0n) is 16.4. The molecule has 0 bridgehead atoms. The number of nitrogens with zero attached hydrogens (tertiary/aromatic N) is 1. The lowest BCUT2D eigenvalue weighted by Gasteiger charge is -2.41. The second-order valence-electron chi connectivity index (χ2n) is 7.76. The molecule has 4 nitrogen and oxygen atoms in total. The first-order chi connectivity index (χ1) is 14.8. The van der Waals surface area contributed by atoms with E-state index in [0.717, 1.165) is 18.2 Å². The minimum absolute atomic E-state index is 0.0507. The fourth-order valence-electron chi connectivity index (χ4n) is 4.35. The number of rotatable bonds is 3. The Labute approximate surface area is 186 Å². The van der Waals surface area contributed by atoms with Crippen molar-refractivity contribution in [2.75, 3.05) is 16.8 Å². The Morgan fingerprint density at radius 1 is 1.13 bits per heavy atom. The number of carbonyl (C=O) groups excluding carboxylic acids is 2. The minimum Gasteiger partial charge on any atom is -0.326 e. The summed E-state index contributed by atoms with van der Waals surface area (Å²) in [6.45, 7) is 0.560. The third kappa shape index (κ3) is 4.39. The molecule has 8 heteroatoms. The van der Waals surface area contributed by atoms with Crippen molar-refractivity contribution in [2.24, 2.45) is 17.8 Å². The standard InChI is InChI=1S/C23H20BrF3N2O2/c24-19-10-9-15(13-18(19)23(25,26)27)28-21(30)17-8-4-5-14-11-12-29(22(31)20(14)17)16-6-2-1-3-7-16/h1-7,9-10,13-14,17,20H,8,11-12H2,(H,28,30)/t14-,17-,20+/m0/s1. The fraction of sp³-hybridized carbons (Fsp3) is 0.304. The average molecular weight is 493 g/mol. The molecule has 2 aliphatic rings. The molecule has 3 atom stereocenters. The zero-order valence-corrected chi connectivity index (χ0v) is 18.0. The smallest absolute Gasteiger partial charge is 0.326 e. The summed E-state index contributed by atoms with van der Waals surface area (Å²) in [7, 11) is 0. The van der Waals surface area contributed by atoms with Crippen LogP contribution in [0.25, 0.3) is 0 Å². The first kappa shape index (κ1) is 21.6. The number of anilines is 2.